The zero-order chi connectivity index (χ0) is 21.2. The molecule has 1 saturated heterocycles. The van der Waals surface area contributed by atoms with Crippen molar-refractivity contribution < 1.29 is 19.4 Å². The summed E-state index contributed by atoms with van der Waals surface area (Å²) < 4.78 is 14.0. The molecule has 4 heterocycles. The molecular formula is C24H27NO5. The Balaban J connectivity index is 1.79. The Hall–Kier alpha value is -2.60. The molecule has 0 amide bonds. The van der Waals surface area contributed by atoms with Gasteiger partial charge in [-0.15, -0.1) is 0 Å². The number of carboxylic acids is 1. The molecule has 6 heteroatoms. The first-order valence-electron chi connectivity index (χ1n) is 10.7. The van der Waals surface area contributed by atoms with Crippen LogP contribution in [0.1, 0.15) is 72.8 Å². The topological polar surface area (TPSA) is 77.8 Å². The highest BCUT2D eigenvalue weighted by atomic mass is 16.5. The van der Waals surface area contributed by atoms with Gasteiger partial charge in [-0.1, -0.05) is 20.8 Å². The second kappa shape index (κ2) is 6.71. The van der Waals surface area contributed by atoms with Crippen LogP contribution in [0.2, 0.25) is 0 Å². The van der Waals surface area contributed by atoms with Crippen molar-refractivity contribution in [2.45, 2.75) is 58.6 Å². The van der Waals surface area contributed by atoms with Crippen molar-refractivity contribution in [1.29, 1.82) is 0 Å². The van der Waals surface area contributed by atoms with Crippen molar-refractivity contribution in [3.63, 3.8) is 0 Å². The first-order chi connectivity index (χ1) is 14.3. The maximum absolute atomic E-state index is 12.6. The number of aromatic carboxylic acids is 1. The molecule has 158 valence electrons. The molecule has 0 spiro atoms. The lowest BCUT2D eigenvalue weighted by Crippen LogP contribution is -2.33. The number of rotatable bonds is 2. The largest absolute Gasteiger partial charge is 0.493 e. The van der Waals surface area contributed by atoms with Gasteiger partial charge in [0, 0.05) is 48.0 Å². The summed E-state index contributed by atoms with van der Waals surface area (Å²) in [7, 11) is 0. The molecule has 2 aromatic rings. The van der Waals surface area contributed by atoms with Crippen molar-refractivity contribution in [1.82, 2.24) is 4.57 Å². The zero-order valence-electron chi connectivity index (χ0n) is 17.7. The van der Waals surface area contributed by atoms with Gasteiger partial charge in [-0.3, -0.25) is 4.79 Å². The highest BCUT2D eigenvalue weighted by molar-refractivity contribution is 5.88. The lowest BCUT2D eigenvalue weighted by molar-refractivity contribution is 0.0693. The summed E-state index contributed by atoms with van der Waals surface area (Å²) in [6.07, 6.45) is 5.18. The predicted molar refractivity (Wildman–Crippen MR) is 112 cm³/mol. The first-order valence-corrected chi connectivity index (χ1v) is 10.7. The molecule has 6 nitrogen and oxygen atoms in total. The average molecular weight is 409 g/mol. The van der Waals surface area contributed by atoms with E-state index in [-0.39, 0.29) is 23.1 Å². The molecular weight excluding hydrogens is 382 g/mol. The third-order valence-corrected chi connectivity index (χ3v) is 6.72. The summed E-state index contributed by atoms with van der Waals surface area (Å²) in [5.41, 5.74) is 4.58. The number of aromatic nitrogens is 1. The monoisotopic (exact) mass is 409 g/mol. The minimum atomic E-state index is -1.18. The third-order valence-electron chi connectivity index (χ3n) is 6.72. The maximum Gasteiger partial charge on any atom is 0.341 e. The van der Waals surface area contributed by atoms with Gasteiger partial charge < -0.3 is 19.1 Å². The smallest absolute Gasteiger partial charge is 0.341 e. The minimum absolute atomic E-state index is 0.0148. The van der Waals surface area contributed by atoms with E-state index < -0.39 is 11.4 Å². The standard InChI is InChI=1S/C24H27NO5/c1-24(2,3)21-10-14-13-6-8-30-22(13)16(20-5-4-7-29-20)9-15(14)18-11-19(26)17(23(27)28)12-25(18)21/h9,11-12,20-21H,4-8,10H2,1-3H3,(H,27,28)/t20?,21-/m0/s1. The number of pyridine rings is 1. The number of benzene rings is 1. The number of carbonyl (C=O) groups is 1. The van der Waals surface area contributed by atoms with Crippen LogP contribution >= 0.6 is 0 Å². The molecule has 2 atom stereocenters. The molecule has 30 heavy (non-hydrogen) atoms. The van der Waals surface area contributed by atoms with Crippen LogP contribution in [-0.4, -0.2) is 28.9 Å². The summed E-state index contributed by atoms with van der Waals surface area (Å²) in [5.74, 6) is -0.220. The van der Waals surface area contributed by atoms with E-state index in [2.05, 4.69) is 26.8 Å². The summed E-state index contributed by atoms with van der Waals surface area (Å²) in [6.45, 7) is 7.88. The Morgan fingerprint density at radius 1 is 1.20 bits per heavy atom. The van der Waals surface area contributed by atoms with Crippen LogP contribution < -0.4 is 10.2 Å². The van der Waals surface area contributed by atoms with Crippen molar-refractivity contribution >= 4 is 5.97 Å². The van der Waals surface area contributed by atoms with Crippen LogP contribution in [0, 0.1) is 5.41 Å². The van der Waals surface area contributed by atoms with E-state index in [1.54, 1.807) is 0 Å². The second-order valence-electron chi connectivity index (χ2n) is 9.63. The highest BCUT2D eigenvalue weighted by Gasteiger charge is 2.38. The van der Waals surface area contributed by atoms with Crippen LogP contribution in [0.5, 0.6) is 5.75 Å². The molecule has 0 saturated carbocycles. The van der Waals surface area contributed by atoms with Crippen molar-refractivity contribution in [3.8, 4) is 17.0 Å². The Labute approximate surface area is 175 Å². The van der Waals surface area contributed by atoms with E-state index in [1.807, 2.05) is 4.57 Å². The van der Waals surface area contributed by atoms with Crippen molar-refractivity contribution in [3.05, 3.63) is 50.8 Å². The van der Waals surface area contributed by atoms with E-state index in [0.29, 0.717) is 6.61 Å². The van der Waals surface area contributed by atoms with Gasteiger partial charge in [0.25, 0.3) is 0 Å². The fourth-order valence-corrected chi connectivity index (χ4v) is 5.19. The molecule has 1 aromatic heterocycles. The van der Waals surface area contributed by atoms with Gasteiger partial charge in [-0.25, -0.2) is 4.79 Å². The normalized spacial score (nSPS) is 22.2. The SMILES string of the molecule is CC(C)(C)[C@@H]1Cc2c(cc(C3CCCO3)c3c2CCO3)-c2cc(=O)c(C(=O)O)cn21. The molecule has 1 N–H and O–H groups in total. The number of hydrogen-bond acceptors (Lipinski definition) is 4. The Morgan fingerprint density at radius 2 is 2.00 bits per heavy atom. The van der Waals surface area contributed by atoms with Crippen LogP contribution in [0.15, 0.2) is 23.1 Å². The molecule has 0 bridgehead atoms. The van der Waals surface area contributed by atoms with Crippen LogP contribution in [0.25, 0.3) is 11.3 Å². The fourth-order valence-electron chi connectivity index (χ4n) is 5.19. The molecule has 3 aliphatic heterocycles. The molecule has 5 rings (SSSR count). The fraction of sp³-hybridized carbons (Fsp3) is 0.500. The first kappa shape index (κ1) is 19.4. The highest BCUT2D eigenvalue weighted by Crippen LogP contribution is 2.49. The number of nitrogens with zero attached hydrogens (tertiary/aromatic N) is 1. The Bertz CT molecular complexity index is 1100. The minimum Gasteiger partial charge on any atom is -0.493 e. The van der Waals surface area contributed by atoms with Gasteiger partial charge in [0.05, 0.1) is 18.4 Å². The van der Waals surface area contributed by atoms with Gasteiger partial charge in [-0.2, -0.15) is 0 Å². The lowest BCUT2D eigenvalue weighted by atomic mass is 9.76. The van der Waals surface area contributed by atoms with Gasteiger partial charge in [0.1, 0.15) is 11.3 Å². The molecule has 1 fully saturated rings. The summed E-state index contributed by atoms with van der Waals surface area (Å²) in [5, 5.41) is 9.52. The van der Waals surface area contributed by atoms with E-state index in [4.69, 9.17) is 9.47 Å². The van der Waals surface area contributed by atoms with Crippen LogP contribution in [0.4, 0.5) is 0 Å². The Kier molecular flexibility index (Phi) is 4.33. The van der Waals surface area contributed by atoms with Gasteiger partial charge in [0.15, 0.2) is 5.43 Å². The van der Waals surface area contributed by atoms with Crippen molar-refractivity contribution in [2.24, 2.45) is 5.41 Å². The molecule has 1 aromatic carbocycles. The number of ether oxygens (including phenoxy) is 2. The molecule has 0 aliphatic carbocycles. The molecule has 0 radical (unpaired) electrons. The van der Waals surface area contributed by atoms with E-state index in [0.717, 1.165) is 54.9 Å². The summed E-state index contributed by atoms with van der Waals surface area (Å²) in [4.78, 5) is 24.3. The average Bonchev–Trinajstić information content (AvgIpc) is 3.37. The lowest BCUT2D eigenvalue weighted by Gasteiger charge is -2.40. The summed E-state index contributed by atoms with van der Waals surface area (Å²) >= 11 is 0. The van der Waals surface area contributed by atoms with E-state index in [9.17, 15) is 14.7 Å². The predicted octanol–water partition coefficient (Wildman–Crippen LogP) is 4.14. The quantitative estimate of drug-likeness (QED) is 0.806. The van der Waals surface area contributed by atoms with Gasteiger partial charge in [0.2, 0.25) is 0 Å². The molecule has 3 aliphatic rings. The Morgan fingerprint density at radius 3 is 2.67 bits per heavy atom. The van der Waals surface area contributed by atoms with E-state index in [1.165, 1.54) is 23.4 Å². The van der Waals surface area contributed by atoms with E-state index >= 15 is 0 Å². The van der Waals surface area contributed by atoms with Crippen LogP contribution in [0.3, 0.4) is 0 Å². The summed E-state index contributed by atoms with van der Waals surface area (Å²) in [6, 6.07) is 3.67. The zero-order valence-corrected chi connectivity index (χ0v) is 17.7. The third kappa shape index (κ3) is 2.88. The van der Waals surface area contributed by atoms with Crippen LogP contribution in [-0.2, 0) is 17.6 Å². The number of hydrogen-bond donors (Lipinski definition) is 1. The van der Waals surface area contributed by atoms with Gasteiger partial charge >= 0.3 is 5.97 Å². The maximum atomic E-state index is 12.6. The molecule has 1 unspecified atom stereocenters. The number of fused-ring (bicyclic) bond motifs is 5. The van der Waals surface area contributed by atoms with Gasteiger partial charge in [-0.05, 0) is 36.3 Å². The van der Waals surface area contributed by atoms with Crippen molar-refractivity contribution in [2.75, 3.05) is 13.2 Å². The number of carboxylic acid groups (broad SMARTS) is 1. The second-order valence-corrected chi connectivity index (χ2v) is 9.63.